The van der Waals surface area contributed by atoms with Gasteiger partial charge in [0.15, 0.2) is 0 Å². The van der Waals surface area contributed by atoms with Crippen LogP contribution in [0.3, 0.4) is 0 Å². The van der Waals surface area contributed by atoms with E-state index in [1.54, 1.807) is 0 Å². The van der Waals surface area contributed by atoms with Crippen LogP contribution in [0.4, 0.5) is 0 Å². The summed E-state index contributed by atoms with van der Waals surface area (Å²) in [6, 6.07) is 2.08. The second-order valence-electron chi connectivity index (χ2n) is 3.83. The van der Waals surface area contributed by atoms with Gasteiger partial charge < -0.3 is 10.4 Å². The van der Waals surface area contributed by atoms with Gasteiger partial charge in [-0.05, 0) is 25.5 Å². The smallest absolute Gasteiger partial charge is 0.0668 e. The minimum Gasteiger partial charge on any atom is -0.396 e. The van der Waals surface area contributed by atoms with Crippen LogP contribution in [0.5, 0.6) is 0 Å². The summed E-state index contributed by atoms with van der Waals surface area (Å²) >= 11 is 0. The van der Waals surface area contributed by atoms with Crippen molar-refractivity contribution in [2.24, 2.45) is 0 Å². The number of aliphatic hydroxyl groups excluding tert-OH is 1. The predicted molar refractivity (Wildman–Crippen MR) is 54.2 cm³/mol. The standard InChI is InChI=1S/C10H17N3O/c14-5-3-9-6-10(13-12-9)8-2-1-4-11-7-8/h6,8,11,14H,1-5,7H2,(H,12,13)/t8-/m1/s1. The lowest BCUT2D eigenvalue weighted by atomic mass is 9.96. The number of aromatic nitrogens is 2. The molecular formula is C10H17N3O. The molecule has 1 aliphatic rings. The van der Waals surface area contributed by atoms with Crippen molar-refractivity contribution in [3.8, 4) is 0 Å². The Balaban J connectivity index is 2.00. The molecular weight excluding hydrogens is 178 g/mol. The Labute approximate surface area is 83.7 Å². The molecule has 2 rings (SSSR count). The van der Waals surface area contributed by atoms with Crippen LogP contribution in [0.25, 0.3) is 0 Å². The Kier molecular flexibility index (Phi) is 3.16. The molecule has 0 amide bonds. The molecule has 0 radical (unpaired) electrons. The molecule has 0 unspecified atom stereocenters. The van der Waals surface area contributed by atoms with Crippen molar-refractivity contribution in [2.45, 2.75) is 25.2 Å². The van der Waals surface area contributed by atoms with Crippen LogP contribution >= 0.6 is 0 Å². The molecule has 3 N–H and O–H groups in total. The molecule has 0 aromatic carbocycles. The van der Waals surface area contributed by atoms with Gasteiger partial charge in [-0.2, -0.15) is 5.10 Å². The predicted octanol–water partition coefficient (Wildman–Crippen LogP) is 0.411. The second kappa shape index (κ2) is 4.57. The van der Waals surface area contributed by atoms with E-state index in [1.165, 1.54) is 12.8 Å². The Morgan fingerprint density at radius 2 is 2.50 bits per heavy atom. The molecule has 1 aliphatic heterocycles. The SMILES string of the molecule is OCCc1cc([C@@H]2CCCNC2)n[nH]1. The van der Waals surface area contributed by atoms with E-state index in [9.17, 15) is 0 Å². The Morgan fingerprint density at radius 1 is 1.57 bits per heavy atom. The van der Waals surface area contributed by atoms with E-state index < -0.39 is 0 Å². The molecule has 14 heavy (non-hydrogen) atoms. The average molecular weight is 195 g/mol. The van der Waals surface area contributed by atoms with Crippen LogP contribution in [0.15, 0.2) is 6.07 Å². The minimum atomic E-state index is 0.185. The number of H-pyrrole nitrogens is 1. The number of hydrogen-bond donors (Lipinski definition) is 3. The summed E-state index contributed by atoms with van der Waals surface area (Å²) in [4.78, 5) is 0. The zero-order chi connectivity index (χ0) is 9.80. The van der Waals surface area contributed by atoms with Crippen LogP contribution < -0.4 is 5.32 Å². The number of nitrogens with zero attached hydrogens (tertiary/aromatic N) is 1. The summed E-state index contributed by atoms with van der Waals surface area (Å²) in [6.45, 7) is 2.35. The van der Waals surface area contributed by atoms with Crippen molar-refractivity contribution >= 4 is 0 Å². The van der Waals surface area contributed by atoms with Crippen LogP contribution in [0, 0.1) is 0 Å². The van der Waals surface area contributed by atoms with Gasteiger partial charge >= 0.3 is 0 Å². The number of aromatic amines is 1. The number of nitrogens with one attached hydrogen (secondary N) is 2. The largest absolute Gasteiger partial charge is 0.396 e. The molecule has 1 fully saturated rings. The molecule has 78 valence electrons. The zero-order valence-corrected chi connectivity index (χ0v) is 8.29. The Hall–Kier alpha value is -0.870. The summed E-state index contributed by atoms with van der Waals surface area (Å²) in [5, 5.41) is 19.4. The van der Waals surface area contributed by atoms with E-state index >= 15 is 0 Å². The fraction of sp³-hybridized carbons (Fsp3) is 0.700. The average Bonchev–Trinajstić information content (AvgIpc) is 2.68. The fourth-order valence-corrected chi connectivity index (χ4v) is 1.94. The van der Waals surface area contributed by atoms with Crippen LogP contribution in [-0.2, 0) is 6.42 Å². The van der Waals surface area contributed by atoms with Gasteiger partial charge in [0.2, 0.25) is 0 Å². The van der Waals surface area contributed by atoms with Crippen molar-refractivity contribution in [2.75, 3.05) is 19.7 Å². The Morgan fingerprint density at radius 3 is 3.21 bits per heavy atom. The van der Waals surface area contributed by atoms with Crippen molar-refractivity contribution in [3.05, 3.63) is 17.5 Å². The highest BCUT2D eigenvalue weighted by atomic mass is 16.3. The first-order valence-corrected chi connectivity index (χ1v) is 5.26. The van der Waals surface area contributed by atoms with E-state index in [1.807, 2.05) is 0 Å². The van der Waals surface area contributed by atoms with Crippen LogP contribution in [0.2, 0.25) is 0 Å². The molecule has 1 aromatic heterocycles. The topological polar surface area (TPSA) is 60.9 Å². The molecule has 1 aromatic rings. The van der Waals surface area contributed by atoms with E-state index in [0.29, 0.717) is 12.3 Å². The van der Waals surface area contributed by atoms with Crippen molar-refractivity contribution in [1.82, 2.24) is 15.5 Å². The molecule has 2 heterocycles. The normalized spacial score (nSPS) is 22.5. The van der Waals surface area contributed by atoms with Gasteiger partial charge in [0.25, 0.3) is 0 Å². The highest BCUT2D eigenvalue weighted by Crippen LogP contribution is 2.21. The number of piperidine rings is 1. The molecule has 1 atom stereocenters. The molecule has 4 heteroatoms. The third kappa shape index (κ3) is 2.13. The van der Waals surface area contributed by atoms with Crippen molar-refractivity contribution in [1.29, 1.82) is 0 Å². The molecule has 0 bridgehead atoms. The maximum Gasteiger partial charge on any atom is 0.0668 e. The molecule has 0 aliphatic carbocycles. The third-order valence-corrected chi connectivity index (χ3v) is 2.75. The van der Waals surface area contributed by atoms with Gasteiger partial charge in [0.05, 0.1) is 5.69 Å². The molecule has 0 spiro atoms. The summed E-state index contributed by atoms with van der Waals surface area (Å²) in [7, 11) is 0. The quantitative estimate of drug-likeness (QED) is 0.654. The lowest BCUT2D eigenvalue weighted by Crippen LogP contribution is -2.28. The Bertz CT molecular complexity index is 279. The third-order valence-electron chi connectivity index (χ3n) is 2.75. The van der Waals surface area contributed by atoms with E-state index in [0.717, 1.165) is 24.5 Å². The van der Waals surface area contributed by atoms with E-state index in [2.05, 4.69) is 21.6 Å². The highest BCUT2D eigenvalue weighted by Gasteiger charge is 2.17. The first kappa shape index (κ1) is 9.68. The summed E-state index contributed by atoms with van der Waals surface area (Å²) in [6.07, 6.45) is 3.12. The second-order valence-corrected chi connectivity index (χ2v) is 3.83. The number of aliphatic hydroxyl groups is 1. The highest BCUT2D eigenvalue weighted by molar-refractivity contribution is 5.14. The lowest BCUT2D eigenvalue weighted by molar-refractivity contribution is 0.298. The van der Waals surface area contributed by atoms with Gasteiger partial charge in [-0.1, -0.05) is 0 Å². The zero-order valence-electron chi connectivity index (χ0n) is 8.29. The summed E-state index contributed by atoms with van der Waals surface area (Å²) in [5.41, 5.74) is 2.17. The maximum atomic E-state index is 8.78. The van der Waals surface area contributed by atoms with Gasteiger partial charge in [-0.25, -0.2) is 0 Å². The van der Waals surface area contributed by atoms with Gasteiger partial charge in [0.1, 0.15) is 0 Å². The maximum absolute atomic E-state index is 8.78. The number of hydrogen-bond acceptors (Lipinski definition) is 3. The van der Waals surface area contributed by atoms with Crippen LogP contribution in [0.1, 0.15) is 30.1 Å². The monoisotopic (exact) mass is 195 g/mol. The van der Waals surface area contributed by atoms with Gasteiger partial charge in [-0.3, -0.25) is 5.10 Å². The summed E-state index contributed by atoms with van der Waals surface area (Å²) in [5.74, 6) is 0.549. The van der Waals surface area contributed by atoms with Crippen LogP contribution in [-0.4, -0.2) is 35.0 Å². The van der Waals surface area contributed by atoms with Gasteiger partial charge in [0, 0.05) is 31.2 Å². The molecule has 0 saturated carbocycles. The fourth-order valence-electron chi connectivity index (χ4n) is 1.94. The van der Waals surface area contributed by atoms with E-state index in [-0.39, 0.29) is 6.61 Å². The lowest BCUT2D eigenvalue weighted by Gasteiger charge is -2.20. The van der Waals surface area contributed by atoms with E-state index in [4.69, 9.17) is 5.11 Å². The van der Waals surface area contributed by atoms with Crippen molar-refractivity contribution < 1.29 is 5.11 Å². The van der Waals surface area contributed by atoms with Gasteiger partial charge in [-0.15, -0.1) is 0 Å². The summed E-state index contributed by atoms with van der Waals surface area (Å²) < 4.78 is 0. The molecule has 1 saturated heterocycles. The first-order valence-electron chi connectivity index (χ1n) is 5.26. The van der Waals surface area contributed by atoms with Crippen molar-refractivity contribution in [3.63, 3.8) is 0 Å². The minimum absolute atomic E-state index is 0.185. The molecule has 4 nitrogen and oxygen atoms in total. The first-order chi connectivity index (χ1) is 6.90. The number of rotatable bonds is 3.